The maximum atomic E-state index is 13.2. The average molecular weight is 447 g/mol. The van der Waals surface area contributed by atoms with Crippen LogP contribution in [0.5, 0.6) is 0 Å². The predicted molar refractivity (Wildman–Crippen MR) is 117 cm³/mol. The summed E-state index contributed by atoms with van der Waals surface area (Å²) in [5, 5.41) is 7.21. The van der Waals surface area contributed by atoms with Gasteiger partial charge >= 0.3 is 0 Å². The Balaban J connectivity index is 1.96. The van der Waals surface area contributed by atoms with Gasteiger partial charge in [0.15, 0.2) is 6.04 Å². The molecule has 1 aromatic heterocycles. The minimum absolute atomic E-state index is 0.0706. The van der Waals surface area contributed by atoms with E-state index in [0.29, 0.717) is 13.1 Å². The van der Waals surface area contributed by atoms with Gasteiger partial charge in [0.05, 0.1) is 15.6 Å². The summed E-state index contributed by atoms with van der Waals surface area (Å²) in [6, 6.07) is 14.5. The number of anilines is 1. The molecule has 30 heavy (non-hydrogen) atoms. The lowest BCUT2D eigenvalue weighted by Gasteiger charge is -2.20. The summed E-state index contributed by atoms with van der Waals surface area (Å²) in [6.07, 6.45) is 3.29. The SMILES string of the molecule is CCN(CC)S(=O)(=O)c1ccc(Cl)c(NC(=O)C(c2ccccc2)n2cccn2)c1. The molecule has 0 fully saturated rings. The van der Waals surface area contributed by atoms with Crippen LogP contribution < -0.4 is 5.32 Å². The van der Waals surface area contributed by atoms with Gasteiger partial charge in [-0.2, -0.15) is 9.40 Å². The lowest BCUT2D eigenvalue weighted by Crippen LogP contribution is -2.31. The van der Waals surface area contributed by atoms with Gasteiger partial charge in [0.25, 0.3) is 5.91 Å². The number of sulfonamides is 1. The Labute approximate surface area is 181 Å². The van der Waals surface area contributed by atoms with Crippen molar-refractivity contribution in [3.05, 3.63) is 77.6 Å². The van der Waals surface area contributed by atoms with Gasteiger partial charge < -0.3 is 5.32 Å². The number of nitrogens with one attached hydrogen (secondary N) is 1. The third-order valence-electron chi connectivity index (χ3n) is 4.69. The topological polar surface area (TPSA) is 84.3 Å². The summed E-state index contributed by atoms with van der Waals surface area (Å²) in [4.78, 5) is 13.3. The van der Waals surface area contributed by atoms with Crippen LogP contribution in [0.1, 0.15) is 25.5 Å². The lowest BCUT2D eigenvalue weighted by atomic mass is 10.1. The maximum Gasteiger partial charge on any atom is 0.253 e. The third-order valence-corrected chi connectivity index (χ3v) is 7.07. The first-order valence-electron chi connectivity index (χ1n) is 9.53. The van der Waals surface area contributed by atoms with E-state index in [1.165, 1.54) is 27.2 Å². The van der Waals surface area contributed by atoms with Crippen LogP contribution in [0.4, 0.5) is 5.69 Å². The van der Waals surface area contributed by atoms with Crippen LogP contribution >= 0.6 is 11.6 Å². The normalized spacial score (nSPS) is 12.7. The van der Waals surface area contributed by atoms with E-state index in [-0.39, 0.29) is 21.5 Å². The molecule has 1 unspecified atom stereocenters. The van der Waals surface area contributed by atoms with Crippen LogP contribution in [0.2, 0.25) is 5.02 Å². The van der Waals surface area contributed by atoms with Crippen LogP contribution in [0.3, 0.4) is 0 Å². The summed E-state index contributed by atoms with van der Waals surface area (Å²) < 4.78 is 28.6. The molecule has 0 aliphatic carbocycles. The van der Waals surface area contributed by atoms with Gasteiger partial charge in [-0.25, -0.2) is 8.42 Å². The van der Waals surface area contributed by atoms with E-state index in [4.69, 9.17) is 11.6 Å². The molecule has 1 heterocycles. The van der Waals surface area contributed by atoms with E-state index in [9.17, 15) is 13.2 Å². The highest BCUT2D eigenvalue weighted by Crippen LogP contribution is 2.29. The highest BCUT2D eigenvalue weighted by molar-refractivity contribution is 7.89. The number of hydrogen-bond acceptors (Lipinski definition) is 4. The molecular weight excluding hydrogens is 424 g/mol. The number of rotatable bonds is 8. The summed E-state index contributed by atoms with van der Waals surface area (Å²) in [7, 11) is -3.69. The average Bonchev–Trinajstić information content (AvgIpc) is 3.25. The quantitative estimate of drug-likeness (QED) is 0.570. The Bertz CT molecular complexity index is 1100. The zero-order chi connectivity index (χ0) is 21.7. The molecule has 158 valence electrons. The first kappa shape index (κ1) is 22.0. The first-order valence-corrected chi connectivity index (χ1v) is 11.3. The lowest BCUT2D eigenvalue weighted by molar-refractivity contribution is -0.118. The highest BCUT2D eigenvalue weighted by atomic mass is 35.5. The van der Waals surface area contributed by atoms with Crippen molar-refractivity contribution in [3.8, 4) is 0 Å². The molecule has 3 rings (SSSR count). The zero-order valence-electron chi connectivity index (χ0n) is 16.7. The summed E-state index contributed by atoms with van der Waals surface area (Å²) >= 11 is 6.27. The molecule has 7 nitrogen and oxygen atoms in total. The summed E-state index contributed by atoms with van der Waals surface area (Å²) in [6.45, 7) is 4.24. The number of hydrogen-bond donors (Lipinski definition) is 1. The van der Waals surface area contributed by atoms with Gasteiger partial charge in [-0.3, -0.25) is 9.48 Å². The van der Waals surface area contributed by atoms with Crippen LogP contribution in [0.15, 0.2) is 71.9 Å². The number of amides is 1. The van der Waals surface area contributed by atoms with Gasteiger partial charge in [0.2, 0.25) is 10.0 Å². The van der Waals surface area contributed by atoms with Crippen molar-refractivity contribution in [2.75, 3.05) is 18.4 Å². The second kappa shape index (κ2) is 9.42. The van der Waals surface area contributed by atoms with Crippen LogP contribution in [0, 0.1) is 0 Å². The first-order chi connectivity index (χ1) is 14.4. The minimum atomic E-state index is -3.69. The van der Waals surface area contributed by atoms with Crippen LogP contribution in [0.25, 0.3) is 0 Å². The number of carbonyl (C=O) groups is 1. The maximum absolute atomic E-state index is 13.2. The molecule has 1 atom stereocenters. The molecule has 0 aliphatic heterocycles. The van der Waals surface area contributed by atoms with Crippen molar-refractivity contribution >= 4 is 33.2 Å². The summed E-state index contributed by atoms with van der Waals surface area (Å²) in [5.41, 5.74) is 0.963. The van der Waals surface area contributed by atoms with Crippen molar-refractivity contribution in [1.82, 2.24) is 14.1 Å². The second-order valence-corrected chi connectivity index (χ2v) is 8.86. The Hall–Kier alpha value is -2.68. The molecule has 9 heteroatoms. The Morgan fingerprint density at radius 2 is 1.83 bits per heavy atom. The molecule has 2 aromatic carbocycles. The van der Waals surface area contributed by atoms with E-state index in [1.807, 2.05) is 30.3 Å². The molecule has 0 saturated carbocycles. The minimum Gasteiger partial charge on any atom is -0.323 e. The Morgan fingerprint density at radius 1 is 1.13 bits per heavy atom. The fraction of sp³-hybridized carbons (Fsp3) is 0.238. The van der Waals surface area contributed by atoms with E-state index in [1.54, 1.807) is 32.3 Å². The van der Waals surface area contributed by atoms with E-state index in [0.717, 1.165) is 5.56 Å². The zero-order valence-corrected chi connectivity index (χ0v) is 18.3. The molecule has 0 spiro atoms. The largest absolute Gasteiger partial charge is 0.323 e. The van der Waals surface area contributed by atoms with E-state index in [2.05, 4.69) is 10.4 Å². The van der Waals surface area contributed by atoms with Crippen molar-refractivity contribution in [1.29, 1.82) is 0 Å². The van der Waals surface area contributed by atoms with Crippen molar-refractivity contribution in [3.63, 3.8) is 0 Å². The van der Waals surface area contributed by atoms with E-state index < -0.39 is 16.1 Å². The van der Waals surface area contributed by atoms with Gasteiger partial charge in [-0.05, 0) is 29.8 Å². The molecule has 0 aliphatic rings. The Morgan fingerprint density at radius 3 is 2.43 bits per heavy atom. The molecule has 1 N–H and O–H groups in total. The molecule has 0 bridgehead atoms. The number of aromatic nitrogens is 2. The van der Waals surface area contributed by atoms with Gasteiger partial charge in [0.1, 0.15) is 0 Å². The number of nitrogens with zero attached hydrogens (tertiary/aromatic N) is 3. The highest BCUT2D eigenvalue weighted by Gasteiger charge is 2.26. The molecule has 1 amide bonds. The predicted octanol–water partition coefficient (Wildman–Crippen LogP) is 3.80. The van der Waals surface area contributed by atoms with Gasteiger partial charge in [-0.15, -0.1) is 0 Å². The van der Waals surface area contributed by atoms with Gasteiger partial charge in [-0.1, -0.05) is 55.8 Å². The van der Waals surface area contributed by atoms with Crippen molar-refractivity contribution < 1.29 is 13.2 Å². The fourth-order valence-corrected chi connectivity index (χ4v) is 4.82. The van der Waals surface area contributed by atoms with E-state index >= 15 is 0 Å². The van der Waals surface area contributed by atoms with Gasteiger partial charge in [0, 0.05) is 25.5 Å². The third kappa shape index (κ3) is 4.56. The molecule has 3 aromatic rings. The fourth-order valence-electron chi connectivity index (χ4n) is 3.17. The molecule has 0 radical (unpaired) electrons. The van der Waals surface area contributed by atoms with Crippen LogP contribution in [-0.2, 0) is 14.8 Å². The molecular formula is C21H23ClN4O3S. The molecule has 0 saturated heterocycles. The number of halogens is 1. The second-order valence-electron chi connectivity index (χ2n) is 6.52. The van der Waals surface area contributed by atoms with Crippen LogP contribution in [-0.4, -0.2) is 41.5 Å². The number of benzene rings is 2. The van der Waals surface area contributed by atoms with Crippen molar-refractivity contribution in [2.45, 2.75) is 24.8 Å². The Kier molecular flexibility index (Phi) is 6.91. The standard InChI is InChI=1S/C21H23ClN4O3S/c1-3-25(4-2)30(28,29)17-11-12-18(22)19(15-17)24-21(27)20(26-14-8-13-23-26)16-9-6-5-7-10-16/h5-15,20H,3-4H2,1-2H3,(H,24,27). The number of carbonyl (C=O) groups excluding carboxylic acids is 1. The monoisotopic (exact) mass is 446 g/mol. The summed E-state index contributed by atoms with van der Waals surface area (Å²) in [5.74, 6) is -0.385. The van der Waals surface area contributed by atoms with Crippen molar-refractivity contribution in [2.24, 2.45) is 0 Å². The smallest absolute Gasteiger partial charge is 0.253 e.